The topological polar surface area (TPSA) is 31.4 Å². The summed E-state index contributed by atoms with van der Waals surface area (Å²) in [6, 6.07) is 4.83. The molecule has 1 aromatic rings. The Morgan fingerprint density at radius 1 is 1.42 bits per heavy atom. The van der Waals surface area contributed by atoms with Gasteiger partial charge in [0.15, 0.2) is 0 Å². The molecule has 4 nitrogen and oxygen atoms in total. The summed E-state index contributed by atoms with van der Waals surface area (Å²) in [6.45, 7) is 8.99. The monoisotopic (exact) mass is 262 g/mol. The van der Waals surface area contributed by atoms with E-state index < -0.39 is 0 Å². The maximum Gasteiger partial charge on any atom is 0.0312 e. The van der Waals surface area contributed by atoms with Crippen LogP contribution in [0.4, 0.5) is 0 Å². The lowest BCUT2D eigenvalue weighted by atomic mass is 10.1. The van der Waals surface area contributed by atoms with Crippen LogP contribution >= 0.6 is 0 Å². The lowest BCUT2D eigenvalue weighted by Crippen LogP contribution is -2.52. The summed E-state index contributed by atoms with van der Waals surface area (Å²) in [7, 11) is 2.24. The minimum atomic E-state index is 0.729. The molecule has 106 valence electrons. The van der Waals surface area contributed by atoms with Gasteiger partial charge >= 0.3 is 0 Å². The molecule has 0 aromatic carbocycles. The van der Waals surface area contributed by atoms with E-state index in [-0.39, 0.29) is 0 Å². The van der Waals surface area contributed by atoms with Gasteiger partial charge in [-0.15, -0.1) is 0 Å². The number of likely N-dealkylation sites (N-methyl/N-ethyl adjacent to an activating group) is 1. The molecule has 0 saturated carbocycles. The van der Waals surface area contributed by atoms with Crippen molar-refractivity contribution >= 4 is 0 Å². The summed E-state index contributed by atoms with van der Waals surface area (Å²) in [5.41, 5.74) is 1.26. The molecule has 19 heavy (non-hydrogen) atoms. The Morgan fingerprint density at radius 2 is 2.32 bits per heavy atom. The summed E-state index contributed by atoms with van der Waals surface area (Å²) in [5.74, 6) is 0. The maximum absolute atomic E-state index is 4.13. The van der Waals surface area contributed by atoms with E-state index in [1.807, 2.05) is 18.5 Å². The standard InChI is InChI=1S/C15H26N4/c1-3-15-13-19(10-9-18(15)2)8-7-17-12-14-5-4-6-16-11-14/h4-6,11,15,17H,3,7-10,12-13H2,1-2H3. The second kappa shape index (κ2) is 7.58. The number of nitrogens with one attached hydrogen (secondary N) is 1. The van der Waals surface area contributed by atoms with Crippen molar-refractivity contribution in [1.29, 1.82) is 0 Å². The Hall–Kier alpha value is -0.970. The van der Waals surface area contributed by atoms with Crippen LogP contribution in [0.15, 0.2) is 24.5 Å². The number of hydrogen-bond donors (Lipinski definition) is 1. The van der Waals surface area contributed by atoms with Gasteiger partial charge in [0.05, 0.1) is 0 Å². The minimum Gasteiger partial charge on any atom is -0.311 e. The molecule has 2 rings (SSSR count). The fourth-order valence-corrected chi connectivity index (χ4v) is 2.63. The highest BCUT2D eigenvalue weighted by Gasteiger charge is 2.21. The lowest BCUT2D eigenvalue weighted by molar-refractivity contribution is 0.0939. The van der Waals surface area contributed by atoms with Crippen molar-refractivity contribution in [1.82, 2.24) is 20.1 Å². The molecule has 1 atom stereocenters. The summed E-state index contributed by atoms with van der Waals surface area (Å²) in [5, 5.41) is 3.50. The Morgan fingerprint density at radius 3 is 3.05 bits per heavy atom. The van der Waals surface area contributed by atoms with Crippen LogP contribution in [0, 0.1) is 0 Å². The first-order chi connectivity index (χ1) is 9.29. The van der Waals surface area contributed by atoms with Crippen LogP contribution < -0.4 is 5.32 Å². The van der Waals surface area contributed by atoms with Crippen LogP contribution in [-0.4, -0.2) is 60.6 Å². The maximum atomic E-state index is 4.13. The number of pyridine rings is 1. The Bertz CT molecular complexity index is 354. The molecule has 0 aliphatic carbocycles. The summed E-state index contributed by atoms with van der Waals surface area (Å²) >= 11 is 0. The van der Waals surface area contributed by atoms with E-state index in [2.05, 4.69) is 40.1 Å². The fourth-order valence-electron chi connectivity index (χ4n) is 2.63. The molecule has 1 unspecified atom stereocenters. The van der Waals surface area contributed by atoms with Gasteiger partial charge in [0.2, 0.25) is 0 Å². The average molecular weight is 262 g/mol. The number of piperazine rings is 1. The van der Waals surface area contributed by atoms with Gasteiger partial charge in [-0.3, -0.25) is 9.88 Å². The van der Waals surface area contributed by atoms with Crippen molar-refractivity contribution in [2.45, 2.75) is 25.9 Å². The Balaban J connectivity index is 1.63. The van der Waals surface area contributed by atoms with Crippen LogP contribution in [0.3, 0.4) is 0 Å². The van der Waals surface area contributed by atoms with Crippen molar-refractivity contribution in [2.24, 2.45) is 0 Å². The van der Waals surface area contributed by atoms with Crippen molar-refractivity contribution in [3.05, 3.63) is 30.1 Å². The average Bonchev–Trinajstić information content (AvgIpc) is 2.46. The van der Waals surface area contributed by atoms with Gasteiger partial charge in [0.1, 0.15) is 0 Å². The molecule has 1 saturated heterocycles. The minimum absolute atomic E-state index is 0.729. The van der Waals surface area contributed by atoms with Crippen LogP contribution in [0.5, 0.6) is 0 Å². The largest absolute Gasteiger partial charge is 0.311 e. The molecular weight excluding hydrogens is 236 g/mol. The highest BCUT2D eigenvalue weighted by Crippen LogP contribution is 2.09. The zero-order valence-corrected chi connectivity index (χ0v) is 12.2. The third kappa shape index (κ3) is 4.56. The Kier molecular flexibility index (Phi) is 5.76. The van der Waals surface area contributed by atoms with Gasteiger partial charge < -0.3 is 10.2 Å². The van der Waals surface area contributed by atoms with Gasteiger partial charge in [-0.2, -0.15) is 0 Å². The van der Waals surface area contributed by atoms with E-state index >= 15 is 0 Å². The SMILES string of the molecule is CCC1CN(CCNCc2cccnc2)CCN1C. The number of aromatic nitrogens is 1. The molecule has 1 N–H and O–H groups in total. The first-order valence-corrected chi connectivity index (χ1v) is 7.32. The normalized spacial score (nSPS) is 21.7. The summed E-state index contributed by atoms with van der Waals surface area (Å²) in [4.78, 5) is 9.19. The first-order valence-electron chi connectivity index (χ1n) is 7.32. The highest BCUT2D eigenvalue weighted by atomic mass is 15.3. The summed E-state index contributed by atoms with van der Waals surface area (Å²) in [6.07, 6.45) is 4.99. The van der Waals surface area contributed by atoms with Gasteiger partial charge in [-0.05, 0) is 25.1 Å². The number of rotatable bonds is 6. The van der Waals surface area contributed by atoms with Crippen molar-refractivity contribution in [2.75, 3.05) is 39.8 Å². The van der Waals surface area contributed by atoms with Gasteiger partial charge in [-0.25, -0.2) is 0 Å². The lowest BCUT2D eigenvalue weighted by Gasteiger charge is -2.39. The second-order valence-corrected chi connectivity index (χ2v) is 5.38. The van der Waals surface area contributed by atoms with E-state index in [4.69, 9.17) is 0 Å². The third-order valence-corrected chi connectivity index (χ3v) is 3.99. The van der Waals surface area contributed by atoms with E-state index in [1.54, 1.807) is 0 Å². The van der Waals surface area contributed by atoms with Gasteiger partial charge in [0.25, 0.3) is 0 Å². The molecule has 1 fully saturated rings. The fraction of sp³-hybridized carbons (Fsp3) is 0.667. The molecule has 2 heterocycles. The number of hydrogen-bond acceptors (Lipinski definition) is 4. The van der Waals surface area contributed by atoms with E-state index in [9.17, 15) is 0 Å². The Labute approximate surface area is 116 Å². The van der Waals surface area contributed by atoms with Crippen LogP contribution in [0.1, 0.15) is 18.9 Å². The molecule has 0 spiro atoms. The van der Waals surface area contributed by atoms with Crippen LogP contribution in [0.2, 0.25) is 0 Å². The molecule has 4 heteroatoms. The smallest absolute Gasteiger partial charge is 0.0312 e. The van der Waals surface area contributed by atoms with E-state index in [1.165, 1.54) is 31.6 Å². The second-order valence-electron chi connectivity index (χ2n) is 5.38. The molecule has 0 radical (unpaired) electrons. The van der Waals surface area contributed by atoms with E-state index in [0.29, 0.717) is 0 Å². The van der Waals surface area contributed by atoms with Crippen molar-refractivity contribution in [3.63, 3.8) is 0 Å². The first kappa shape index (κ1) is 14.4. The highest BCUT2D eigenvalue weighted by molar-refractivity contribution is 5.07. The zero-order chi connectivity index (χ0) is 13.5. The molecule has 1 aliphatic heterocycles. The van der Waals surface area contributed by atoms with Crippen LogP contribution in [-0.2, 0) is 6.54 Å². The predicted octanol–water partition coefficient (Wildman–Crippen LogP) is 1.20. The van der Waals surface area contributed by atoms with Crippen molar-refractivity contribution in [3.8, 4) is 0 Å². The molecular formula is C15H26N4. The number of nitrogens with zero attached hydrogens (tertiary/aromatic N) is 3. The predicted molar refractivity (Wildman–Crippen MR) is 79.1 cm³/mol. The third-order valence-electron chi connectivity index (χ3n) is 3.99. The molecule has 1 aromatic heterocycles. The quantitative estimate of drug-likeness (QED) is 0.781. The van der Waals surface area contributed by atoms with Crippen molar-refractivity contribution < 1.29 is 0 Å². The van der Waals surface area contributed by atoms with E-state index in [0.717, 1.165) is 25.7 Å². The van der Waals surface area contributed by atoms with Gasteiger partial charge in [0, 0.05) is 57.7 Å². The molecule has 1 aliphatic rings. The zero-order valence-electron chi connectivity index (χ0n) is 12.2. The molecule has 0 amide bonds. The van der Waals surface area contributed by atoms with Crippen LogP contribution in [0.25, 0.3) is 0 Å². The summed E-state index contributed by atoms with van der Waals surface area (Å²) < 4.78 is 0. The molecule has 0 bridgehead atoms. The van der Waals surface area contributed by atoms with Gasteiger partial charge in [-0.1, -0.05) is 13.0 Å².